The van der Waals surface area contributed by atoms with Crippen LogP contribution in [0.15, 0.2) is 16.7 Å². The highest BCUT2D eigenvalue weighted by Gasteiger charge is 2.24. The molecule has 0 radical (unpaired) electrons. The summed E-state index contributed by atoms with van der Waals surface area (Å²) in [5.41, 5.74) is 0.0814. The average molecular weight is 300 g/mol. The molecule has 7 heteroatoms. The standard InChI is InChI=1S/C14H18F2N2O3/c1-9-11(13(18-21-9)20-14(15)16)17-12(19)10-7-5-3-2-4-6-8-10/h2-3,10,14H,4-8H2,1H3,(H,17,19)/b3-2-. The van der Waals surface area contributed by atoms with E-state index in [1.165, 1.54) is 6.92 Å². The topological polar surface area (TPSA) is 64.4 Å². The van der Waals surface area contributed by atoms with E-state index >= 15 is 0 Å². The highest BCUT2D eigenvalue weighted by atomic mass is 19.3. The van der Waals surface area contributed by atoms with Gasteiger partial charge in [-0.2, -0.15) is 8.78 Å². The van der Waals surface area contributed by atoms with E-state index in [1.807, 2.05) is 0 Å². The van der Waals surface area contributed by atoms with Gasteiger partial charge in [-0.15, -0.1) is 0 Å². The number of allylic oxidation sites excluding steroid dienone is 2. The lowest BCUT2D eigenvalue weighted by atomic mass is 9.93. The minimum absolute atomic E-state index is 0.0814. The molecule has 1 aromatic rings. The van der Waals surface area contributed by atoms with Gasteiger partial charge in [0.15, 0.2) is 5.76 Å². The van der Waals surface area contributed by atoms with Gasteiger partial charge >= 0.3 is 6.61 Å². The van der Waals surface area contributed by atoms with Gasteiger partial charge in [-0.25, -0.2) is 0 Å². The van der Waals surface area contributed by atoms with Crippen molar-refractivity contribution in [2.24, 2.45) is 5.92 Å². The molecule has 0 saturated carbocycles. The fourth-order valence-corrected chi connectivity index (χ4v) is 2.31. The van der Waals surface area contributed by atoms with Crippen LogP contribution in [0.1, 0.15) is 37.9 Å². The van der Waals surface area contributed by atoms with Crippen molar-refractivity contribution in [2.75, 3.05) is 5.32 Å². The fraction of sp³-hybridized carbons (Fsp3) is 0.571. The second-order valence-corrected chi connectivity index (χ2v) is 4.96. The van der Waals surface area contributed by atoms with E-state index in [0.29, 0.717) is 0 Å². The van der Waals surface area contributed by atoms with Gasteiger partial charge in [-0.1, -0.05) is 12.2 Å². The zero-order valence-electron chi connectivity index (χ0n) is 11.8. The Morgan fingerprint density at radius 1 is 1.43 bits per heavy atom. The van der Waals surface area contributed by atoms with Crippen LogP contribution in [0.5, 0.6) is 5.88 Å². The molecule has 0 aromatic carbocycles. The predicted octanol–water partition coefficient (Wildman–Crippen LogP) is 3.66. The molecule has 1 aliphatic rings. The van der Waals surface area contributed by atoms with Crippen LogP contribution >= 0.6 is 0 Å². The molecule has 0 fully saturated rings. The molecule has 1 unspecified atom stereocenters. The molecule has 1 aromatic heterocycles. The molecule has 1 aliphatic carbocycles. The number of carbonyl (C=O) groups excluding carboxylic acids is 1. The Kier molecular flexibility index (Phi) is 5.30. The molecule has 2 rings (SSSR count). The number of anilines is 1. The second kappa shape index (κ2) is 7.19. The zero-order valence-corrected chi connectivity index (χ0v) is 11.8. The molecule has 1 atom stereocenters. The SMILES string of the molecule is Cc1onc(OC(F)F)c1NC(=O)C1CC/C=C\CCC1. The minimum atomic E-state index is -3.02. The van der Waals surface area contributed by atoms with Gasteiger partial charge in [-0.05, 0) is 44.2 Å². The van der Waals surface area contributed by atoms with Crippen LogP contribution in [0.25, 0.3) is 0 Å². The number of rotatable bonds is 4. The van der Waals surface area contributed by atoms with E-state index in [2.05, 4.69) is 27.4 Å². The lowest BCUT2D eigenvalue weighted by Crippen LogP contribution is -2.23. The van der Waals surface area contributed by atoms with Crippen molar-refractivity contribution in [3.8, 4) is 5.88 Å². The van der Waals surface area contributed by atoms with Gasteiger partial charge in [0, 0.05) is 5.92 Å². The number of nitrogens with one attached hydrogen (secondary N) is 1. The number of carbonyl (C=O) groups is 1. The summed E-state index contributed by atoms with van der Waals surface area (Å²) in [4.78, 5) is 12.3. The van der Waals surface area contributed by atoms with Gasteiger partial charge in [0.1, 0.15) is 5.69 Å². The number of hydrogen-bond donors (Lipinski definition) is 1. The molecule has 1 amide bonds. The van der Waals surface area contributed by atoms with E-state index in [1.54, 1.807) is 0 Å². The number of amides is 1. The molecule has 5 nitrogen and oxygen atoms in total. The van der Waals surface area contributed by atoms with Gasteiger partial charge < -0.3 is 14.6 Å². The van der Waals surface area contributed by atoms with Crippen molar-refractivity contribution in [3.05, 3.63) is 17.9 Å². The summed E-state index contributed by atoms with van der Waals surface area (Å²) in [6, 6.07) is 0. The molecule has 21 heavy (non-hydrogen) atoms. The Balaban J connectivity index is 2.04. The first kappa shape index (κ1) is 15.5. The van der Waals surface area contributed by atoms with Crippen LogP contribution in [-0.2, 0) is 4.79 Å². The monoisotopic (exact) mass is 300 g/mol. The highest BCUT2D eigenvalue weighted by molar-refractivity contribution is 5.94. The largest absolute Gasteiger partial charge is 0.412 e. The van der Waals surface area contributed by atoms with E-state index in [4.69, 9.17) is 4.52 Å². The van der Waals surface area contributed by atoms with Gasteiger partial charge in [0.25, 0.3) is 5.88 Å². The van der Waals surface area contributed by atoms with E-state index < -0.39 is 6.61 Å². The van der Waals surface area contributed by atoms with Crippen LogP contribution in [0.4, 0.5) is 14.5 Å². The van der Waals surface area contributed by atoms with Crippen LogP contribution in [0.3, 0.4) is 0 Å². The third kappa shape index (κ3) is 4.27. The van der Waals surface area contributed by atoms with E-state index in [0.717, 1.165) is 32.1 Å². The molecular weight excluding hydrogens is 282 g/mol. The van der Waals surface area contributed by atoms with Crippen molar-refractivity contribution in [1.82, 2.24) is 5.16 Å². The maximum Gasteiger partial charge on any atom is 0.388 e. The van der Waals surface area contributed by atoms with Crippen molar-refractivity contribution in [2.45, 2.75) is 45.6 Å². The molecule has 0 spiro atoms. The summed E-state index contributed by atoms with van der Waals surface area (Å²) in [6.45, 7) is -1.49. The summed E-state index contributed by atoms with van der Waals surface area (Å²) in [6.07, 6.45) is 8.40. The first-order chi connectivity index (χ1) is 10.1. The zero-order chi connectivity index (χ0) is 15.2. The summed E-state index contributed by atoms with van der Waals surface area (Å²) >= 11 is 0. The van der Waals surface area contributed by atoms with Crippen molar-refractivity contribution >= 4 is 11.6 Å². The van der Waals surface area contributed by atoms with E-state index in [9.17, 15) is 13.6 Å². The van der Waals surface area contributed by atoms with Crippen LogP contribution in [0.2, 0.25) is 0 Å². The van der Waals surface area contributed by atoms with Gasteiger partial charge in [-0.3, -0.25) is 4.79 Å². The summed E-state index contributed by atoms with van der Waals surface area (Å²) < 4.78 is 33.6. The quantitative estimate of drug-likeness (QED) is 0.862. The Morgan fingerprint density at radius 2 is 2.19 bits per heavy atom. The number of aryl methyl sites for hydroxylation is 1. The minimum Gasteiger partial charge on any atom is -0.412 e. The second-order valence-electron chi connectivity index (χ2n) is 4.96. The van der Waals surface area contributed by atoms with Crippen LogP contribution < -0.4 is 10.1 Å². The summed E-state index contributed by atoms with van der Waals surface area (Å²) in [5, 5.41) is 5.99. The van der Waals surface area contributed by atoms with Crippen molar-refractivity contribution in [3.63, 3.8) is 0 Å². The van der Waals surface area contributed by atoms with Crippen molar-refractivity contribution < 1.29 is 22.8 Å². The lowest BCUT2D eigenvalue weighted by molar-refractivity contribution is -0.120. The molecular formula is C14H18F2N2O3. The Hall–Kier alpha value is -1.92. The third-order valence-corrected chi connectivity index (χ3v) is 3.42. The third-order valence-electron chi connectivity index (χ3n) is 3.42. The number of hydrogen-bond acceptors (Lipinski definition) is 4. The summed E-state index contributed by atoms with van der Waals surface area (Å²) in [5.74, 6) is -0.509. The van der Waals surface area contributed by atoms with Gasteiger partial charge in [0.05, 0.1) is 0 Å². The Labute approximate surface area is 121 Å². The number of alkyl halides is 2. The number of nitrogens with zero attached hydrogens (tertiary/aromatic N) is 1. The predicted molar refractivity (Wildman–Crippen MR) is 72.2 cm³/mol. The average Bonchev–Trinajstić information content (AvgIpc) is 2.70. The number of halogens is 2. The Bertz CT molecular complexity index is 514. The van der Waals surface area contributed by atoms with Crippen molar-refractivity contribution in [1.29, 1.82) is 0 Å². The number of ether oxygens (including phenoxy) is 1. The van der Waals surface area contributed by atoms with Crippen LogP contribution in [0, 0.1) is 12.8 Å². The first-order valence-electron chi connectivity index (χ1n) is 6.95. The highest BCUT2D eigenvalue weighted by Crippen LogP contribution is 2.30. The number of aromatic nitrogens is 1. The van der Waals surface area contributed by atoms with Crippen LogP contribution in [-0.4, -0.2) is 17.7 Å². The molecule has 0 aliphatic heterocycles. The molecule has 0 saturated heterocycles. The molecule has 1 heterocycles. The summed E-state index contributed by atoms with van der Waals surface area (Å²) in [7, 11) is 0. The molecule has 1 N–H and O–H groups in total. The molecule has 0 bridgehead atoms. The first-order valence-corrected chi connectivity index (χ1v) is 6.95. The fourth-order valence-electron chi connectivity index (χ4n) is 2.31. The maximum absolute atomic E-state index is 12.3. The smallest absolute Gasteiger partial charge is 0.388 e. The van der Waals surface area contributed by atoms with Gasteiger partial charge in [0.2, 0.25) is 5.91 Å². The maximum atomic E-state index is 12.3. The normalized spacial score (nSPS) is 20.7. The Morgan fingerprint density at radius 3 is 2.95 bits per heavy atom. The lowest BCUT2D eigenvalue weighted by Gasteiger charge is -2.17. The molecule has 116 valence electrons. The van der Waals surface area contributed by atoms with E-state index in [-0.39, 0.29) is 29.2 Å².